The van der Waals surface area contributed by atoms with Gasteiger partial charge in [-0.05, 0) is 37.1 Å². The number of nitrogens with zero attached hydrogens (tertiary/aromatic N) is 3. The standard InChI is InChI=1S/C28H34N4O7S/c1-2-3-9-15-32(27(34)25-29-22-12-7-8-13-24(22)39-25)26(33)23(30-28(35)31-16-18-38-19-17-31)14-20-40(36,37)21-10-5-4-6-11-21/h4-8,10-13,23H,2-3,9,14-20H2,1H3,(H,30,35). The zero-order chi connectivity index (χ0) is 28.5. The van der Waals surface area contributed by atoms with Gasteiger partial charge in [-0.25, -0.2) is 18.2 Å². The van der Waals surface area contributed by atoms with E-state index in [1.54, 1.807) is 42.5 Å². The van der Waals surface area contributed by atoms with Gasteiger partial charge in [0.05, 0.1) is 23.9 Å². The number of urea groups is 1. The van der Waals surface area contributed by atoms with Crippen molar-refractivity contribution in [1.29, 1.82) is 0 Å². The second-order valence-electron chi connectivity index (χ2n) is 9.51. The van der Waals surface area contributed by atoms with Gasteiger partial charge in [-0.3, -0.25) is 14.5 Å². The van der Waals surface area contributed by atoms with Gasteiger partial charge < -0.3 is 19.4 Å². The van der Waals surface area contributed by atoms with E-state index in [9.17, 15) is 22.8 Å². The van der Waals surface area contributed by atoms with E-state index < -0.39 is 39.5 Å². The molecular weight excluding hydrogens is 536 g/mol. The van der Waals surface area contributed by atoms with Crippen molar-refractivity contribution >= 4 is 38.8 Å². The van der Waals surface area contributed by atoms with Crippen LogP contribution in [0.15, 0.2) is 63.9 Å². The number of nitrogens with one attached hydrogen (secondary N) is 1. The molecular formula is C28H34N4O7S. The molecule has 2 aromatic carbocycles. The number of ether oxygens (including phenoxy) is 1. The van der Waals surface area contributed by atoms with Crippen molar-refractivity contribution < 1.29 is 32.0 Å². The van der Waals surface area contributed by atoms with E-state index in [-0.39, 0.29) is 23.8 Å². The molecule has 40 heavy (non-hydrogen) atoms. The van der Waals surface area contributed by atoms with Gasteiger partial charge in [0, 0.05) is 19.6 Å². The molecule has 0 saturated carbocycles. The van der Waals surface area contributed by atoms with Crippen molar-refractivity contribution in [1.82, 2.24) is 20.1 Å². The van der Waals surface area contributed by atoms with Crippen LogP contribution in [0.2, 0.25) is 0 Å². The number of para-hydroxylation sites is 2. The fourth-order valence-electron chi connectivity index (χ4n) is 4.38. The van der Waals surface area contributed by atoms with Crippen LogP contribution in [0.3, 0.4) is 0 Å². The molecule has 3 aromatic rings. The summed E-state index contributed by atoms with van der Waals surface area (Å²) in [7, 11) is -3.76. The highest BCUT2D eigenvalue weighted by Gasteiger charge is 2.34. The number of hydrogen-bond acceptors (Lipinski definition) is 8. The Bertz CT molecular complexity index is 1390. The lowest BCUT2D eigenvalue weighted by atomic mass is 10.1. The number of fused-ring (bicyclic) bond motifs is 1. The van der Waals surface area contributed by atoms with Crippen molar-refractivity contribution in [3.05, 3.63) is 60.5 Å². The summed E-state index contributed by atoms with van der Waals surface area (Å²) >= 11 is 0. The highest BCUT2D eigenvalue weighted by atomic mass is 32.2. The van der Waals surface area contributed by atoms with Crippen LogP contribution in [0.4, 0.5) is 4.79 Å². The third-order valence-electron chi connectivity index (χ3n) is 6.64. The molecule has 4 rings (SSSR count). The highest BCUT2D eigenvalue weighted by Crippen LogP contribution is 2.19. The van der Waals surface area contributed by atoms with Gasteiger partial charge in [-0.2, -0.15) is 0 Å². The molecule has 1 aliphatic heterocycles. The summed E-state index contributed by atoms with van der Waals surface area (Å²) in [5.41, 5.74) is 0.871. The summed E-state index contributed by atoms with van der Waals surface area (Å²) in [6.45, 7) is 3.43. The van der Waals surface area contributed by atoms with Gasteiger partial charge in [0.1, 0.15) is 11.6 Å². The Morgan fingerprint density at radius 1 is 1.02 bits per heavy atom. The first-order chi connectivity index (χ1) is 19.3. The Morgan fingerprint density at radius 2 is 1.73 bits per heavy atom. The number of carbonyl (C=O) groups excluding carboxylic acids is 3. The SMILES string of the molecule is CCCCCN(C(=O)c1nc2ccccc2o1)C(=O)C(CCS(=O)(=O)c1ccccc1)NC(=O)N1CCOCC1. The van der Waals surface area contributed by atoms with E-state index in [0.29, 0.717) is 43.8 Å². The zero-order valence-electron chi connectivity index (χ0n) is 22.5. The Kier molecular flexibility index (Phi) is 9.88. The van der Waals surface area contributed by atoms with Crippen molar-refractivity contribution in [3.8, 4) is 0 Å². The number of morpholine rings is 1. The van der Waals surface area contributed by atoms with Crippen LogP contribution in [0.25, 0.3) is 11.1 Å². The summed E-state index contributed by atoms with van der Waals surface area (Å²) in [5.74, 6) is -2.11. The maximum atomic E-state index is 13.9. The van der Waals surface area contributed by atoms with E-state index in [0.717, 1.165) is 17.7 Å². The number of unbranched alkanes of at least 4 members (excludes halogenated alkanes) is 2. The first-order valence-electron chi connectivity index (χ1n) is 13.4. The molecule has 1 atom stereocenters. The summed E-state index contributed by atoms with van der Waals surface area (Å²) in [5, 5.41) is 2.69. The predicted molar refractivity (Wildman–Crippen MR) is 147 cm³/mol. The molecule has 2 heterocycles. The minimum Gasteiger partial charge on any atom is -0.432 e. The summed E-state index contributed by atoms with van der Waals surface area (Å²) in [4.78, 5) is 47.4. The number of aromatic nitrogens is 1. The third-order valence-corrected chi connectivity index (χ3v) is 8.41. The average Bonchev–Trinajstić information content (AvgIpc) is 3.42. The van der Waals surface area contributed by atoms with Gasteiger partial charge >= 0.3 is 11.9 Å². The molecule has 11 nitrogen and oxygen atoms in total. The van der Waals surface area contributed by atoms with Crippen LogP contribution in [0.1, 0.15) is 43.3 Å². The summed E-state index contributed by atoms with van der Waals surface area (Å²) < 4.78 is 37.0. The lowest BCUT2D eigenvalue weighted by Crippen LogP contribution is -2.55. The molecule has 1 N–H and O–H groups in total. The van der Waals surface area contributed by atoms with Crippen molar-refractivity contribution in [2.75, 3.05) is 38.6 Å². The number of sulfone groups is 1. The second-order valence-corrected chi connectivity index (χ2v) is 11.6. The molecule has 1 fully saturated rings. The lowest BCUT2D eigenvalue weighted by molar-refractivity contribution is -0.130. The molecule has 1 unspecified atom stereocenters. The number of hydrogen-bond donors (Lipinski definition) is 1. The number of carbonyl (C=O) groups is 3. The largest absolute Gasteiger partial charge is 0.432 e. The van der Waals surface area contributed by atoms with Gasteiger partial charge in [-0.1, -0.05) is 50.1 Å². The monoisotopic (exact) mass is 570 g/mol. The maximum Gasteiger partial charge on any atom is 0.318 e. The Labute approximate surface area is 233 Å². The van der Waals surface area contributed by atoms with Gasteiger partial charge in [0.25, 0.3) is 11.8 Å². The minimum absolute atomic E-state index is 0.0690. The number of rotatable bonds is 11. The summed E-state index contributed by atoms with van der Waals surface area (Å²) in [6, 6.07) is 13.0. The molecule has 1 aliphatic rings. The quantitative estimate of drug-likeness (QED) is 0.347. The number of amides is 4. The van der Waals surface area contributed by atoms with E-state index in [1.807, 2.05) is 6.92 Å². The molecule has 214 valence electrons. The number of benzene rings is 2. The van der Waals surface area contributed by atoms with E-state index in [2.05, 4.69) is 10.3 Å². The Balaban J connectivity index is 1.60. The Hall–Kier alpha value is -3.77. The third kappa shape index (κ3) is 7.24. The number of imide groups is 1. The highest BCUT2D eigenvalue weighted by molar-refractivity contribution is 7.91. The van der Waals surface area contributed by atoms with Gasteiger partial charge in [0.15, 0.2) is 15.4 Å². The lowest BCUT2D eigenvalue weighted by Gasteiger charge is -2.30. The Morgan fingerprint density at radius 3 is 2.42 bits per heavy atom. The van der Waals surface area contributed by atoms with Crippen LogP contribution in [-0.2, 0) is 19.4 Å². The van der Waals surface area contributed by atoms with E-state index in [1.165, 1.54) is 17.0 Å². The maximum absolute atomic E-state index is 13.9. The van der Waals surface area contributed by atoms with Crippen LogP contribution in [0.5, 0.6) is 0 Å². The van der Waals surface area contributed by atoms with Crippen molar-refractivity contribution in [2.24, 2.45) is 0 Å². The van der Waals surface area contributed by atoms with Crippen LogP contribution in [-0.4, -0.2) is 85.7 Å². The molecule has 0 radical (unpaired) electrons. The average molecular weight is 571 g/mol. The summed E-state index contributed by atoms with van der Waals surface area (Å²) in [6.07, 6.45) is 1.92. The van der Waals surface area contributed by atoms with E-state index in [4.69, 9.17) is 9.15 Å². The fraction of sp³-hybridized carbons (Fsp3) is 0.429. The van der Waals surface area contributed by atoms with Gasteiger partial charge in [0.2, 0.25) is 0 Å². The van der Waals surface area contributed by atoms with Gasteiger partial charge in [-0.15, -0.1) is 0 Å². The normalized spacial score (nSPS) is 14.6. The van der Waals surface area contributed by atoms with Crippen molar-refractivity contribution in [3.63, 3.8) is 0 Å². The first kappa shape index (κ1) is 29.2. The van der Waals surface area contributed by atoms with Crippen LogP contribution < -0.4 is 5.32 Å². The molecule has 12 heteroatoms. The molecule has 0 bridgehead atoms. The van der Waals surface area contributed by atoms with Crippen LogP contribution in [0, 0.1) is 0 Å². The van der Waals surface area contributed by atoms with Crippen LogP contribution >= 0.6 is 0 Å². The van der Waals surface area contributed by atoms with E-state index >= 15 is 0 Å². The fourth-order valence-corrected chi connectivity index (χ4v) is 5.74. The molecule has 0 spiro atoms. The smallest absolute Gasteiger partial charge is 0.318 e. The molecule has 1 saturated heterocycles. The number of oxazole rings is 1. The molecule has 1 aromatic heterocycles. The molecule has 4 amide bonds. The second kappa shape index (κ2) is 13.5. The minimum atomic E-state index is -3.76. The van der Waals surface area contributed by atoms with Crippen molar-refractivity contribution in [2.45, 2.75) is 43.5 Å². The topological polar surface area (TPSA) is 139 Å². The zero-order valence-corrected chi connectivity index (χ0v) is 23.3. The molecule has 0 aliphatic carbocycles. The predicted octanol–water partition coefficient (Wildman–Crippen LogP) is 3.26. The first-order valence-corrected chi connectivity index (χ1v) is 15.1.